The van der Waals surface area contributed by atoms with Crippen LogP contribution < -0.4 is 11.1 Å². The number of hydrogen-bond donors (Lipinski definition) is 2. The van der Waals surface area contributed by atoms with E-state index in [4.69, 9.17) is 5.73 Å². The van der Waals surface area contributed by atoms with Gasteiger partial charge in [-0.1, -0.05) is 0 Å². The van der Waals surface area contributed by atoms with Gasteiger partial charge < -0.3 is 15.6 Å². The van der Waals surface area contributed by atoms with Crippen molar-refractivity contribution in [2.24, 2.45) is 0 Å². The first kappa shape index (κ1) is 13.5. The molecule has 7 heteroatoms. The highest BCUT2D eigenvalue weighted by Crippen LogP contribution is 2.20. The summed E-state index contributed by atoms with van der Waals surface area (Å²) in [7, 11) is 0. The summed E-state index contributed by atoms with van der Waals surface area (Å²) in [5.74, 6) is 0.553. The van der Waals surface area contributed by atoms with Crippen molar-refractivity contribution < 1.29 is 4.79 Å². The maximum absolute atomic E-state index is 12.0. The second kappa shape index (κ2) is 5.83. The van der Waals surface area contributed by atoms with E-state index >= 15 is 0 Å². The standard InChI is InChI=1S/C12H14BrN5O/c1-2-18-7-16-17-11(18)6-15-12(19)8-3-4-10(14)9(13)5-8/h3-5,7H,2,6,14H2,1H3,(H,15,19). The Morgan fingerprint density at radius 2 is 2.32 bits per heavy atom. The van der Waals surface area contributed by atoms with Gasteiger partial charge in [-0.15, -0.1) is 10.2 Å². The van der Waals surface area contributed by atoms with Crippen molar-refractivity contribution in [3.05, 3.63) is 40.4 Å². The SMILES string of the molecule is CCn1cnnc1CNC(=O)c1ccc(N)c(Br)c1. The zero-order chi connectivity index (χ0) is 13.8. The molecule has 3 N–H and O–H groups in total. The fourth-order valence-corrected chi connectivity index (χ4v) is 1.99. The highest BCUT2D eigenvalue weighted by Gasteiger charge is 2.09. The van der Waals surface area contributed by atoms with Gasteiger partial charge in [0.25, 0.3) is 5.91 Å². The van der Waals surface area contributed by atoms with E-state index in [9.17, 15) is 4.79 Å². The third-order valence-electron chi connectivity index (χ3n) is 2.71. The molecule has 1 aromatic heterocycles. The molecule has 6 nitrogen and oxygen atoms in total. The Morgan fingerprint density at radius 3 is 3.00 bits per heavy atom. The van der Waals surface area contributed by atoms with Crippen LogP contribution in [0.3, 0.4) is 0 Å². The molecule has 0 atom stereocenters. The van der Waals surface area contributed by atoms with Gasteiger partial charge in [0.15, 0.2) is 5.82 Å². The van der Waals surface area contributed by atoms with Gasteiger partial charge >= 0.3 is 0 Å². The van der Waals surface area contributed by atoms with Crippen molar-refractivity contribution in [1.82, 2.24) is 20.1 Å². The third-order valence-corrected chi connectivity index (χ3v) is 3.39. The van der Waals surface area contributed by atoms with Crippen LogP contribution in [0.4, 0.5) is 5.69 Å². The van der Waals surface area contributed by atoms with Crippen LogP contribution in [0.25, 0.3) is 0 Å². The van der Waals surface area contributed by atoms with Crippen molar-refractivity contribution in [2.45, 2.75) is 20.0 Å². The summed E-state index contributed by atoms with van der Waals surface area (Å²) in [6.45, 7) is 3.10. The molecule has 0 aliphatic rings. The highest BCUT2D eigenvalue weighted by atomic mass is 79.9. The number of anilines is 1. The number of rotatable bonds is 4. The quantitative estimate of drug-likeness (QED) is 0.836. The number of amides is 1. The number of aromatic nitrogens is 3. The molecule has 2 rings (SSSR count). The Labute approximate surface area is 119 Å². The molecular formula is C12H14BrN5O. The van der Waals surface area contributed by atoms with Crippen LogP contribution in [-0.4, -0.2) is 20.7 Å². The molecule has 0 radical (unpaired) electrons. The van der Waals surface area contributed by atoms with E-state index in [1.54, 1.807) is 24.5 Å². The Morgan fingerprint density at radius 1 is 1.53 bits per heavy atom. The van der Waals surface area contributed by atoms with E-state index in [0.717, 1.165) is 12.4 Å². The summed E-state index contributed by atoms with van der Waals surface area (Å²) in [5.41, 5.74) is 6.82. The number of nitrogens with one attached hydrogen (secondary N) is 1. The lowest BCUT2D eigenvalue weighted by Crippen LogP contribution is -2.24. The molecule has 0 unspecified atom stereocenters. The Kier molecular flexibility index (Phi) is 4.16. The molecule has 1 amide bonds. The van der Waals surface area contributed by atoms with Crippen molar-refractivity contribution in [2.75, 3.05) is 5.73 Å². The number of aryl methyl sites for hydroxylation is 1. The normalized spacial score (nSPS) is 10.4. The number of nitrogens with two attached hydrogens (primary N) is 1. The number of nitrogens with zero attached hydrogens (tertiary/aromatic N) is 3. The Balaban J connectivity index is 2.03. The maximum atomic E-state index is 12.0. The fraction of sp³-hybridized carbons (Fsp3) is 0.250. The molecule has 2 aromatic rings. The van der Waals surface area contributed by atoms with Gasteiger partial charge in [-0.05, 0) is 41.1 Å². The van der Waals surface area contributed by atoms with Crippen molar-refractivity contribution in [3.63, 3.8) is 0 Å². The van der Waals surface area contributed by atoms with E-state index in [1.165, 1.54) is 0 Å². The van der Waals surface area contributed by atoms with Crippen LogP contribution in [0.1, 0.15) is 23.1 Å². The van der Waals surface area contributed by atoms with Crippen molar-refractivity contribution >= 4 is 27.5 Å². The minimum absolute atomic E-state index is 0.175. The highest BCUT2D eigenvalue weighted by molar-refractivity contribution is 9.10. The first-order chi connectivity index (χ1) is 9.11. The van der Waals surface area contributed by atoms with Crippen LogP contribution in [0.5, 0.6) is 0 Å². The number of benzene rings is 1. The van der Waals surface area contributed by atoms with Crippen molar-refractivity contribution in [1.29, 1.82) is 0 Å². The molecular weight excluding hydrogens is 310 g/mol. The van der Waals surface area contributed by atoms with Gasteiger partial charge in [0.2, 0.25) is 0 Å². The lowest BCUT2D eigenvalue weighted by atomic mass is 10.2. The summed E-state index contributed by atoms with van der Waals surface area (Å²) in [4.78, 5) is 12.0. The average Bonchev–Trinajstić information content (AvgIpc) is 2.86. The van der Waals surface area contributed by atoms with Gasteiger partial charge in [-0.25, -0.2) is 0 Å². The molecule has 19 heavy (non-hydrogen) atoms. The zero-order valence-corrected chi connectivity index (χ0v) is 12.0. The molecule has 100 valence electrons. The van der Waals surface area contributed by atoms with Gasteiger partial charge in [0.1, 0.15) is 6.33 Å². The summed E-state index contributed by atoms with van der Waals surface area (Å²) < 4.78 is 2.58. The molecule has 0 bridgehead atoms. The number of carbonyl (C=O) groups excluding carboxylic acids is 1. The van der Waals surface area contributed by atoms with Gasteiger partial charge in [0.05, 0.1) is 6.54 Å². The smallest absolute Gasteiger partial charge is 0.251 e. The first-order valence-electron chi connectivity index (χ1n) is 5.81. The van der Waals surface area contributed by atoms with Crippen LogP contribution in [0.2, 0.25) is 0 Å². The lowest BCUT2D eigenvalue weighted by Gasteiger charge is -2.07. The number of carbonyl (C=O) groups is 1. The predicted octanol–water partition coefficient (Wildman–Crippen LogP) is 1.57. The monoisotopic (exact) mass is 323 g/mol. The fourth-order valence-electron chi connectivity index (χ4n) is 1.61. The van der Waals surface area contributed by atoms with Crippen LogP contribution in [0, 0.1) is 0 Å². The summed E-state index contributed by atoms with van der Waals surface area (Å²) in [5, 5.41) is 10.6. The molecule has 0 saturated heterocycles. The third kappa shape index (κ3) is 3.11. The Bertz CT molecular complexity index is 596. The largest absolute Gasteiger partial charge is 0.398 e. The molecule has 0 aliphatic carbocycles. The van der Waals surface area contributed by atoms with E-state index in [1.807, 2.05) is 11.5 Å². The molecule has 0 saturated carbocycles. The summed E-state index contributed by atoms with van der Waals surface area (Å²) in [6.07, 6.45) is 1.64. The average molecular weight is 324 g/mol. The maximum Gasteiger partial charge on any atom is 0.251 e. The topological polar surface area (TPSA) is 85.8 Å². The number of nitrogen functional groups attached to an aromatic ring is 1. The van der Waals surface area contributed by atoms with Gasteiger partial charge in [-0.2, -0.15) is 0 Å². The second-order valence-corrected chi connectivity index (χ2v) is 4.81. The second-order valence-electron chi connectivity index (χ2n) is 3.95. The summed E-state index contributed by atoms with van der Waals surface area (Å²) >= 11 is 3.30. The van der Waals surface area contributed by atoms with E-state index < -0.39 is 0 Å². The number of hydrogen-bond acceptors (Lipinski definition) is 4. The molecule has 0 fully saturated rings. The molecule has 0 spiro atoms. The lowest BCUT2D eigenvalue weighted by molar-refractivity contribution is 0.0949. The first-order valence-corrected chi connectivity index (χ1v) is 6.61. The van der Waals surface area contributed by atoms with E-state index in [-0.39, 0.29) is 5.91 Å². The molecule has 1 aromatic carbocycles. The van der Waals surface area contributed by atoms with Gasteiger partial charge in [-0.3, -0.25) is 4.79 Å². The van der Waals surface area contributed by atoms with Crippen LogP contribution >= 0.6 is 15.9 Å². The van der Waals surface area contributed by atoms with E-state index in [0.29, 0.717) is 22.3 Å². The predicted molar refractivity (Wildman–Crippen MR) is 75.4 cm³/mol. The zero-order valence-electron chi connectivity index (χ0n) is 10.4. The molecule has 0 aliphatic heterocycles. The molecule has 1 heterocycles. The van der Waals surface area contributed by atoms with Crippen LogP contribution in [0.15, 0.2) is 29.0 Å². The minimum atomic E-state index is -0.175. The van der Waals surface area contributed by atoms with E-state index in [2.05, 4.69) is 31.4 Å². The van der Waals surface area contributed by atoms with Gasteiger partial charge in [0, 0.05) is 22.3 Å². The van der Waals surface area contributed by atoms with Crippen molar-refractivity contribution in [3.8, 4) is 0 Å². The number of halogens is 1. The summed E-state index contributed by atoms with van der Waals surface area (Å²) in [6, 6.07) is 5.06. The minimum Gasteiger partial charge on any atom is -0.398 e. The Hall–Kier alpha value is -1.89. The van der Waals surface area contributed by atoms with Crippen LogP contribution in [-0.2, 0) is 13.1 Å².